The van der Waals surface area contributed by atoms with Crippen LogP contribution in [0.3, 0.4) is 0 Å². The predicted octanol–water partition coefficient (Wildman–Crippen LogP) is 2.16. The number of nitrogens with one attached hydrogen (secondary N) is 2. The fourth-order valence-corrected chi connectivity index (χ4v) is 3.99. The van der Waals surface area contributed by atoms with E-state index in [0.717, 1.165) is 12.8 Å². The molecule has 1 saturated carbocycles. The number of hydrogen-bond acceptors (Lipinski definition) is 3. The third kappa shape index (κ3) is 5.09. The summed E-state index contributed by atoms with van der Waals surface area (Å²) in [5.74, 6) is 0.633. The Morgan fingerprint density at radius 2 is 1.95 bits per heavy atom. The van der Waals surface area contributed by atoms with Gasteiger partial charge in [0.1, 0.15) is 0 Å². The lowest BCUT2D eigenvalue weighted by Gasteiger charge is -2.38. The predicted molar refractivity (Wildman–Crippen MR) is 87.0 cm³/mol. The first-order valence-corrected chi connectivity index (χ1v) is 9.33. The Bertz CT molecular complexity index is 590. The molecule has 118 valence electrons. The van der Waals surface area contributed by atoms with E-state index in [1.165, 1.54) is 17.4 Å². The van der Waals surface area contributed by atoms with E-state index in [2.05, 4.69) is 41.2 Å². The zero-order valence-electron chi connectivity index (χ0n) is 13.3. The van der Waals surface area contributed by atoms with Crippen molar-refractivity contribution in [3.63, 3.8) is 0 Å². The Morgan fingerprint density at radius 1 is 1.29 bits per heavy atom. The topological polar surface area (TPSA) is 58.2 Å². The molecule has 0 saturated heterocycles. The molecule has 1 fully saturated rings. The molecular weight excluding hydrogens is 284 g/mol. The van der Waals surface area contributed by atoms with Gasteiger partial charge in [-0.2, -0.15) is 0 Å². The SMILES string of the molecule is Cc1cccc(C2CC(NCC(C)(C)NS(C)(=O)=O)C2)c1. The summed E-state index contributed by atoms with van der Waals surface area (Å²) in [5.41, 5.74) is 2.27. The van der Waals surface area contributed by atoms with Crippen molar-refractivity contribution in [3.05, 3.63) is 35.4 Å². The zero-order chi connectivity index (χ0) is 15.7. The van der Waals surface area contributed by atoms with Crippen LogP contribution in [0.1, 0.15) is 43.7 Å². The Hall–Kier alpha value is -0.910. The molecule has 0 radical (unpaired) electrons. The van der Waals surface area contributed by atoms with Gasteiger partial charge in [0, 0.05) is 18.1 Å². The largest absolute Gasteiger partial charge is 0.312 e. The molecule has 5 heteroatoms. The molecule has 2 N–H and O–H groups in total. The molecule has 0 aliphatic heterocycles. The van der Waals surface area contributed by atoms with Crippen molar-refractivity contribution in [1.29, 1.82) is 0 Å². The lowest BCUT2D eigenvalue weighted by Crippen LogP contribution is -2.53. The van der Waals surface area contributed by atoms with Crippen molar-refractivity contribution in [2.24, 2.45) is 0 Å². The number of hydrogen-bond donors (Lipinski definition) is 2. The van der Waals surface area contributed by atoms with Crippen LogP contribution in [-0.2, 0) is 10.0 Å². The summed E-state index contributed by atoms with van der Waals surface area (Å²) in [7, 11) is -3.17. The van der Waals surface area contributed by atoms with Crippen LogP contribution in [-0.4, -0.2) is 32.8 Å². The number of benzene rings is 1. The van der Waals surface area contributed by atoms with Crippen LogP contribution in [0.15, 0.2) is 24.3 Å². The Labute approximate surface area is 128 Å². The van der Waals surface area contributed by atoms with Crippen molar-refractivity contribution in [2.75, 3.05) is 12.8 Å². The summed E-state index contributed by atoms with van der Waals surface area (Å²) in [6.07, 6.45) is 3.45. The van der Waals surface area contributed by atoms with Gasteiger partial charge in [0.05, 0.1) is 6.26 Å². The van der Waals surface area contributed by atoms with Crippen molar-refractivity contribution in [1.82, 2.24) is 10.0 Å². The van der Waals surface area contributed by atoms with Crippen molar-refractivity contribution in [2.45, 2.75) is 51.1 Å². The summed E-state index contributed by atoms with van der Waals surface area (Å²) in [6.45, 7) is 6.57. The number of aryl methyl sites for hydroxylation is 1. The maximum absolute atomic E-state index is 11.3. The highest BCUT2D eigenvalue weighted by molar-refractivity contribution is 7.88. The Balaban J connectivity index is 1.78. The second kappa shape index (κ2) is 6.07. The van der Waals surface area contributed by atoms with Crippen LogP contribution in [0.25, 0.3) is 0 Å². The molecule has 4 nitrogen and oxygen atoms in total. The Morgan fingerprint density at radius 3 is 2.52 bits per heavy atom. The Kier molecular flexibility index (Phi) is 4.76. The first kappa shape index (κ1) is 16.5. The van der Waals surface area contributed by atoms with E-state index in [1.807, 2.05) is 13.8 Å². The molecule has 1 aliphatic rings. The van der Waals surface area contributed by atoms with Crippen LogP contribution in [0, 0.1) is 6.92 Å². The lowest BCUT2D eigenvalue weighted by molar-refractivity contribution is 0.268. The molecule has 0 aromatic heterocycles. The molecule has 0 amide bonds. The molecule has 1 aromatic rings. The van der Waals surface area contributed by atoms with Crippen LogP contribution in [0.4, 0.5) is 0 Å². The van der Waals surface area contributed by atoms with Gasteiger partial charge in [-0.3, -0.25) is 0 Å². The highest BCUT2D eigenvalue weighted by Crippen LogP contribution is 2.37. The van der Waals surface area contributed by atoms with Gasteiger partial charge >= 0.3 is 0 Å². The molecule has 1 aliphatic carbocycles. The van der Waals surface area contributed by atoms with E-state index < -0.39 is 15.6 Å². The molecule has 0 spiro atoms. The van der Waals surface area contributed by atoms with E-state index in [0.29, 0.717) is 18.5 Å². The third-order valence-corrected chi connectivity index (χ3v) is 4.87. The van der Waals surface area contributed by atoms with Crippen molar-refractivity contribution >= 4 is 10.0 Å². The summed E-state index contributed by atoms with van der Waals surface area (Å²) in [4.78, 5) is 0. The minimum atomic E-state index is -3.17. The van der Waals surface area contributed by atoms with Gasteiger partial charge in [-0.15, -0.1) is 0 Å². The monoisotopic (exact) mass is 310 g/mol. The summed E-state index contributed by atoms with van der Waals surface area (Å²) in [5, 5.41) is 3.47. The van der Waals surface area contributed by atoms with E-state index in [9.17, 15) is 8.42 Å². The quantitative estimate of drug-likeness (QED) is 0.846. The summed E-state index contributed by atoms with van der Waals surface area (Å²) < 4.78 is 25.3. The van der Waals surface area contributed by atoms with Crippen LogP contribution in [0.5, 0.6) is 0 Å². The minimum Gasteiger partial charge on any atom is -0.312 e. The minimum absolute atomic E-state index is 0.456. The molecule has 2 rings (SSSR count). The van der Waals surface area contributed by atoms with Gasteiger partial charge in [0.25, 0.3) is 0 Å². The fraction of sp³-hybridized carbons (Fsp3) is 0.625. The molecule has 0 bridgehead atoms. The highest BCUT2D eigenvalue weighted by Gasteiger charge is 2.32. The van der Waals surface area contributed by atoms with Gasteiger partial charge in [0.2, 0.25) is 10.0 Å². The molecule has 0 unspecified atom stereocenters. The average molecular weight is 310 g/mol. The smallest absolute Gasteiger partial charge is 0.209 e. The third-order valence-electron chi connectivity index (χ3n) is 3.95. The highest BCUT2D eigenvalue weighted by atomic mass is 32.2. The molecule has 21 heavy (non-hydrogen) atoms. The molecule has 0 heterocycles. The fourth-order valence-electron chi connectivity index (χ4n) is 2.92. The van der Waals surface area contributed by atoms with E-state index in [4.69, 9.17) is 0 Å². The summed E-state index contributed by atoms with van der Waals surface area (Å²) in [6, 6.07) is 9.18. The molecular formula is C16H26N2O2S. The second-order valence-electron chi connectivity index (χ2n) is 6.92. The number of sulfonamides is 1. The normalized spacial score (nSPS) is 22.9. The van der Waals surface area contributed by atoms with Gasteiger partial charge in [-0.05, 0) is 45.1 Å². The second-order valence-corrected chi connectivity index (χ2v) is 8.67. The van der Waals surface area contributed by atoms with Crippen LogP contribution < -0.4 is 10.0 Å². The lowest BCUT2D eigenvalue weighted by atomic mass is 9.75. The van der Waals surface area contributed by atoms with Crippen molar-refractivity contribution < 1.29 is 8.42 Å². The number of rotatable bonds is 6. The first-order valence-electron chi connectivity index (χ1n) is 7.43. The van der Waals surface area contributed by atoms with Crippen LogP contribution in [0.2, 0.25) is 0 Å². The standard InChI is InChI=1S/C16H26N2O2S/c1-12-6-5-7-13(8-12)14-9-15(10-14)17-11-16(2,3)18-21(4,19)20/h5-8,14-15,17-18H,9-11H2,1-4H3. The van der Waals surface area contributed by atoms with Crippen molar-refractivity contribution in [3.8, 4) is 0 Å². The zero-order valence-corrected chi connectivity index (χ0v) is 14.1. The maximum atomic E-state index is 11.3. The van der Waals surface area contributed by atoms with Gasteiger partial charge in [-0.1, -0.05) is 29.8 Å². The molecule has 0 atom stereocenters. The van der Waals surface area contributed by atoms with E-state index in [-0.39, 0.29) is 0 Å². The van der Waals surface area contributed by atoms with E-state index in [1.54, 1.807) is 0 Å². The van der Waals surface area contributed by atoms with E-state index >= 15 is 0 Å². The maximum Gasteiger partial charge on any atom is 0.209 e. The molecule has 1 aromatic carbocycles. The van der Waals surface area contributed by atoms with Gasteiger partial charge in [0.15, 0.2) is 0 Å². The van der Waals surface area contributed by atoms with Gasteiger partial charge in [-0.25, -0.2) is 13.1 Å². The van der Waals surface area contributed by atoms with Gasteiger partial charge < -0.3 is 5.32 Å². The van der Waals surface area contributed by atoms with Crippen LogP contribution >= 0.6 is 0 Å². The average Bonchev–Trinajstić information content (AvgIpc) is 2.23. The summed E-state index contributed by atoms with van der Waals surface area (Å²) >= 11 is 0. The first-order chi connectivity index (χ1) is 9.65.